The fraction of sp³-hybridized carbons (Fsp3) is 0.500. The Hall–Kier alpha value is -1.22. The summed E-state index contributed by atoms with van der Waals surface area (Å²) in [6, 6.07) is 3.75. The molecule has 0 saturated heterocycles. The number of esters is 1. The quantitative estimate of drug-likeness (QED) is 0.783. The van der Waals surface area contributed by atoms with Crippen LogP contribution in [0.1, 0.15) is 37.8 Å². The summed E-state index contributed by atoms with van der Waals surface area (Å²) in [5, 5.41) is 0.705. The van der Waals surface area contributed by atoms with Gasteiger partial charge in [0.25, 0.3) is 0 Å². The number of benzene rings is 1. The lowest BCUT2D eigenvalue weighted by molar-refractivity contribution is -0.147. The Bertz CT molecular complexity index is 441. The van der Waals surface area contributed by atoms with Gasteiger partial charge in [0.1, 0.15) is 5.75 Å². The zero-order valence-corrected chi connectivity index (χ0v) is 12.2. The minimum Gasteiger partial charge on any atom is -0.479 e. The van der Waals surface area contributed by atoms with Crippen LogP contribution in [0.5, 0.6) is 5.75 Å². The van der Waals surface area contributed by atoms with E-state index in [1.54, 1.807) is 6.92 Å². The van der Waals surface area contributed by atoms with Crippen molar-refractivity contribution in [2.24, 2.45) is 0 Å². The molecule has 0 bridgehead atoms. The average molecular weight is 271 g/mol. The Kier molecular flexibility index (Phi) is 5.03. The highest BCUT2D eigenvalue weighted by Gasteiger charge is 2.18. The fourth-order valence-corrected chi connectivity index (χ4v) is 1.80. The van der Waals surface area contributed by atoms with Gasteiger partial charge in [-0.1, -0.05) is 25.4 Å². The predicted molar refractivity (Wildman–Crippen MR) is 72.4 cm³/mol. The molecule has 4 heteroatoms. The minimum absolute atomic E-state index is 0.267. The van der Waals surface area contributed by atoms with E-state index >= 15 is 0 Å². The number of aryl methyl sites for hydroxylation is 1. The molecule has 1 rings (SSSR count). The van der Waals surface area contributed by atoms with Crippen LogP contribution in [-0.2, 0) is 9.53 Å². The third-order valence-electron chi connectivity index (χ3n) is 2.75. The predicted octanol–water partition coefficient (Wildman–Crippen LogP) is 3.71. The molecular formula is C14H19ClO3. The van der Waals surface area contributed by atoms with Gasteiger partial charge >= 0.3 is 5.97 Å². The molecular weight excluding hydrogens is 252 g/mol. The van der Waals surface area contributed by atoms with Crippen LogP contribution in [0.15, 0.2) is 12.1 Å². The van der Waals surface area contributed by atoms with Crippen molar-refractivity contribution in [3.05, 3.63) is 28.3 Å². The fourth-order valence-electron chi connectivity index (χ4n) is 1.63. The van der Waals surface area contributed by atoms with Crippen LogP contribution in [-0.4, -0.2) is 19.2 Å². The summed E-state index contributed by atoms with van der Waals surface area (Å²) in [5.41, 5.74) is 1.91. The second-order valence-corrected chi connectivity index (χ2v) is 4.98. The lowest BCUT2D eigenvalue weighted by atomic mass is 10.0. The SMILES string of the molecule is COC(=O)[C@H](C)Oc1cc(C)c(Cl)cc1C(C)C. The minimum atomic E-state index is -0.631. The Morgan fingerprint density at radius 3 is 2.39 bits per heavy atom. The first kappa shape index (κ1) is 14.8. The number of rotatable bonds is 4. The first-order valence-electron chi connectivity index (χ1n) is 5.91. The van der Waals surface area contributed by atoms with Crippen molar-refractivity contribution >= 4 is 17.6 Å². The van der Waals surface area contributed by atoms with E-state index < -0.39 is 12.1 Å². The molecule has 0 heterocycles. The first-order chi connectivity index (χ1) is 8.36. The maximum absolute atomic E-state index is 11.4. The van der Waals surface area contributed by atoms with Gasteiger partial charge in [-0.2, -0.15) is 0 Å². The van der Waals surface area contributed by atoms with E-state index in [0.29, 0.717) is 10.8 Å². The van der Waals surface area contributed by atoms with Crippen molar-refractivity contribution in [3.63, 3.8) is 0 Å². The van der Waals surface area contributed by atoms with Gasteiger partial charge in [-0.15, -0.1) is 0 Å². The Labute approximate surface area is 113 Å². The largest absolute Gasteiger partial charge is 0.479 e. The molecule has 0 spiro atoms. The van der Waals surface area contributed by atoms with Gasteiger partial charge < -0.3 is 9.47 Å². The summed E-state index contributed by atoms with van der Waals surface area (Å²) in [4.78, 5) is 11.4. The van der Waals surface area contributed by atoms with Crippen molar-refractivity contribution in [2.45, 2.75) is 39.7 Å². The van der Waals surface area contributed by atoms with Gasteiger partial charge in [0.2, 0.25) is 0 Å². The molecule has 0 fully saturated rings. The Morgan fingerprint density at radius 1 is 1.28 bits per heavy atom. The van der Waals surface area contributed by atoms with Gasteiger partial charge in [0.15, 0.2) is 6.10 Å². The summed E-state index contributed by atoms with van der Waals surface area (Å²) in [6.07, 6.45) is -0.631. The second kappa shape index (κ2) is 6.10. The molecule has 0 aliphatic heterocycles. The lowest BCUT2D eigenvalue weighted by Gasteiger charge is -2.18. The Morgan fingerprint density at radius 2 is 1.89 bits per heavy atom. The van der Waals surface area contributed by atoms with Crippen LogP contribution < -0.4 is 4.74 Å². The number of halogens is 1. The molecule has 1 aromatic rings. The highest BCUT2D eigenvalue weighted by molar-refractivity contribution is 6.31. The van der Waals surface area contributed by atoms with Crippen LogP contribution in [0.2, 0.25) is 5.02 Å². The molecule has 0 saturated carbocycles. The van der Waals surface area contributed by atoms with Crippen molar-refractivity contribution in [3.8, 4) is 5.75 Å². The van der Waals surface area contributed by atoms with Gasteiger partial charge in [-0.25, -0.2) is 4.79 Å². The molecule has 1 atom stereocenters. The summed E-state index contributed by atoms with van der Waals surface area (Å²) in [5.74, 6) is 0.560. The molecule has 0 radical (unpaired) electrons. The number of methoxy groups -OCH3 is 1. The molecule has 3 nitrogen and oxygen atoms in total. The summed E-state index contributed by atoms with van der Waals surface area (Å²) < 4.78 is 10.3. The molecule has 18 heavy (non-hydrogen) atoms. The van der Waals surface area contributed by atoms with Crippen molar-refractivity contribution in [2.75, 3.05) is 7.11 Å². The monoisotopic (exact) mass is 270 g/mol. The van der Waals surface area contributed by atoms with Crippen molar-refractivity contribution in [1.82, 2.24) is 0 Å². The molecule has 0 aliphatic carbocycles. The summed E-state index contributed by atoms with van der Waals surface area (Å²) in [7, 11) is 1.35. The topological polar surface area (TPSA) is 35.5 Å². The molecule has 100 valence electrons. The maximum atomic E-state index is 11.4. The number of hydrogen-bond acceptors (Lipinski definition) is 3. The third-order valence-corrected chi connectivity index (χ3v) is 3.16. The van der Waals surface area contributed by atoms with Crippen LogP contribution in [0.3, 0.4) is 0 Å². The standard InChI is InChI=1S/C14H19ClO3/c1-8(2)11-7-12(15)9(3)6-13(11)18-10(4)14(16)17-5/h6-8,10H,1-5H3/t10-/m0/s1. The summed E-state index contributed by atoms with van der Waals surface area (Å²) in [6.45, 7) is 7.68. The van der Waals surface area contributed by atoms with E-state index in [4.69, 9.17) is 16.3 Å². The van der Waals surface area contributed by atoms with Crippen molar-refractivity contribution < 1.29 is 14.3 Å². The van der Waals surface area contributed by atoms with E-state index in [1.165, 1.54) is 7.11 Å². The van der Waals surface area contributed by atoms with E-state index in [-0.39, 0.29) is 5.92 Å². The number of carbonyl (C=O) groups excluding carboxylic acids is 1. The van der Waals surface area contributed by atoms with Gasteiger partial charge in [-0.3, -0.25) is 0 Å². The average Bonchev–Trinajstić information content (AvgIpc) is 2.31. The first-order valence-corrected chi connectivity index (χ1v) is 6.29. The van der Waals surface area contributed by atoms with Crippen LogP contribution >= 0.6 is 11.6 Å². The Balaban J connectivity index is 3.07. The summed E-state index contributed by atoms with van der Waals surface area (Å²) >= 11 is 6.11. The smallest absolute Gasteiger partial charge is 0.346 e. The van der Waals surface area contributed by atoms with Crippen LogP contribution in [0.4, 0.5) is 0 Å². The van der Waals surface area contributed by atoms with Gasteiger partial charge in [-0.05, 0) is 43.0 Å². The van der Waals surface area contributed by atoms with Gasteiger partial charge in [0.05, 0.1) is 7.11 Å². The zero-order chi connectivity index (χ0) is 13.9. The maximum Gasteiger partial charge on any atom is 0.346 e. The molecule has 0 aliphatic rings. The van der Waals surface area contributed by atoms with E-state index in [0.717, 1.165) is 11.1 Å². The molecule has 1 aromatic carbocycles. The van der Waals surface area contributed by atoms with Crippen LogP contribution in [0.25, 0.3) is 0 Å². The molecule has 0 aromatic heterocycles. The zero-order valence-electron chi connectivity index (χ0n) is 11.4. The molecule has 0 unspecified atom stereocenters. The van der Waals surface area contributed by atoms with Gasteiger partial charge in [0, 0.05) is 5.02 Å². The van der Waals surface area contributed by atoms with E-state index in [9.17, 15) is 4.79 Å². The molecule has 0 amide bonds. The molecule has 0 N–H and O–H groups in total. The van der Waals surface area contributed by atoms with Crippen LogP contribution in [0, 0.1) is 6.92 Å². The third kappa shape index (κ3) is 3.39. The number of ether oxygens (including phenoxy) is 2. The highest BCUT2D eigenvalue weighted by atomic mass is 35.5. The normalized spacial score (nSPS) is 12.4. The highest BCUT2D eigenvalue weighted by Crippen LogP contribution is 2.32. The van der Waals surface area contributed by atoms with Crippen molar-refractivity contribution in [1.29, 1.82) is 0 Å². The van der Waals surface area contributed by atoms with E-state index in [1.807, 2.05) is 19.1 Å². The second-order valence-electron chi connectivity index (χ2n) is 4.58. The number of hydrogen-bond donors (Lipinski definition) is 0. The lowest BCUT2D eigenvalue weighted by Crippen LogP contribution is -2.25. The van der Waals surface area contributed by atoms with E-state index in [2.05, 4.69) is 18.6 Å². The number of carbonyl (C=O) groups is 1.